The van der Waals surface area contributed by atoms with Gasteiger partial charge in [-0.1, -0.05) is 48.5 Å². The Morgan fingerprint density at radius 2 is 1.74 bits per heavy atom. The second kappa shape index (κ2) is 11.2. The number of benzene rings is 3. The first-order valence-electron chi connectivity index (χ1n) is 12.6. The van der Waals surface area contributed by atoms with Gasteiger partial charge >= 0.3 is 0 Å². The fourth-order valence-corrected chi connectivity index (χ4v) is 4.74. The zero-order valence-corrected chi connectivity index (χ0v) is 21.7. The van der Waals surface area contributed by atoms with Crippen molar-refractivity contribution in [2.24, 2.45) is 0 Å². The number of amides is 1. The predicted molar refractivity (Wildman–Crippen MR) is 147 cm³/mol. The molecule has 5 rings (SSSR count). The van der Waals surface area contributed by atoms with Gasteiger partial charge in [0.15, 0.2) is 0 Å². The predicted octanol–water partition coefficient (Wildman–Crippen LogP) is 5.60. The summed E-state index contributed by atoms with van der Waals surface area (Å²) in [5, 5.41) is 11.5. The van der Waals surface area contributed by atoms with E-state index < -0.39 is 17.7 Å². The summed E-state index contributed by atoms with van der Waals surface area (Å²) >= 11 is 0. The zero-order valence-electron chi connectivity index (χ0n) is 21.7. The van der Waals surface area contributed by atoms with Gasteiger partial charge in [0, 0.05) is 24.5 Å². The van der Waals surface area contributed by atoms with E-state index in [1.165, 1.54) is 4.90 Å². The summed E-state index contributed by atoms with van der Waals surface area (Å²) in [7, 11) is 1.55. The topological polar surface area (TPSA) is 89.0 Å². The number of aliphatic hydroxyl groups is 1. The van der Waals surface area contributed by atoms with E-state index in [4.69, 9.17) is 9.47 Å². The Morgan fingerprint density at radius 3 is 2.46 bits per heavy atom. The molecular formula is C32H28N2O5. The monoisotopic (exact) mass is 520 g/mol. The summed E-state index contributed by atoms with van der Waals surface area (Å²) in [6.07, 6.45) is 3.30. The molecule has 4 aromatic rings. The lowest BCUT2D eigenvalue weighted by Crippen LogP contribution is -2.29. The molecule has 7 heteroatoms. The van der Waals surface area contributed by atoms with Gasteiger partial charge in [-0.3, -0.25) is 14.6 Å². The normalized spacial score (nSPS) is 16.4. The van der Waals surface area contributed by atoms with Gasteiger partial charge in [-0.25, -0.2) is 0 Å². The SMILES string of the molecule is COc1cccc(C2/C(=C(/O)c3ccc(OCc4ccccc4)c(C)c3)C(=O)C(=O)N2Cc2cccnc2)c1. The van der Waals surface area contributed by atoms with E-state index in [-0.39, 0.29) is 17.9 Å². The molecule has 0 aliphatic carbocycles. The van der Waals surface area contributed by atoms with E-state index in [2.05, 4.69) is 4.98 Å². The second-order valence-electron chi connectivity index (χ2n) is 9.32. The molecule has 0 spiro atoms. The molecule has 1 atom stereocenters. The summed E-state index contributed by atoms with van der Waals surface area (Å²) in [5.74, 6) is -0.432. The fourth-order valence-electron chi connectivity index (χ4n) is 4.74. The highest BCUT2D eigenvalue weighted by atomic mass is 16.5. The van der Waals surface area contributed by atoms with Crippen molar-refractivity contribution >= 4 is 17.4 Å². The van der Waals surface area contributed by atoms with Gasteiger partial charge < -0.3 is 19.5 Å². The van der Waals surface area contributed by atoms with Crippen LogP contribution >= 0.6 is 0 Å². The fraction of sp³-hybridized carbons (Fsp3) is 0.156. The summed E-state index contributed by atoms with van der Waals surface area (Å²) in [6, 6.07) is 25.0. The van der Waals surface area contributed by atoms with Gasteiger partial charge in [0.1, 0.15) is 23.9 Å². The number of hydrogen-bond acceptors (Lipinski definition) is 6. The van der Waals surface area contributed by atoms with Crippen LogP contribution in [0.25, 0.3) is 5.76 Å². The van der Waals surface area contributed by atoms with Crippen LogP contribution in [0.15, 0.2) is 103 Å². The van der Waals surface area contributed by atoms with Crippen LogP contribution in [0, 0.1) is 6.92 Å². The molecule has 1 fully saturated rings. The van der Waals surface area contributed by atoms with Crippen LogP contribution in [0.3, 0.4) is 0 Å². The van der Waals surface area contributed by atoms with E-state index in [1.54, 1.807) is 62.0 Å². The molecule has 0 radical (unpaired) electrons. The molecule has 39 heavy (non-hydrogen) atoms. The number of Topliss-reactive ketones (excluding diaryl/α,β-unsaturated/α-hetero) is 1. The van der Waals surface area contributed by atoms with Crippen molar-refractivity contribution in [3.05, 3.63) is 131 Å². The molecule has 1 aliphatic rings. The second-order valence-corrected chi connectivity index (χ2v) is 9.32. The number of nitrogens with zero attached hydrogens (tertiary/aromatic N) is 2. The maximum absolute atomic E-state index is 13.4. The minimum Gasteiger partial charge on any atom is -0.507 e. The summed E-state index contributed by atoms with van der Waals surface area (Å²) in [5.41, 5.74) is 3.69. The van der Waals surface area contributed by atoms with Crippen LogP contribution in [0.4, 0.5) is 0 Å². The molecule has 1 aliphatic heterocycles. The maximum Gasteiger partial charge on any atom is 0.295 e. The number of methoxy groups -OCH3 is 1. The number of ketones is 1. The third-order valence-corrected chi connectivity index (χ3v) is 6.71. The summed E-state index contributed by atoms with van der Waals surface area (Å²) < 4.78 is 11.4. The Kier molecular flexibility index (Phi) is 7.41. The Labute approximate surface area is 227 Å². The number of ether oxygens (including phenoxy) is 2. The Hall–Kier alpha value is -4.91. The lowest BCUT2D eigenvalue weighted by atomic mass is 9.94. The van der Waals surface area contributed by atoms with Crippen molar-refractivity contribution in [1.82, 2.24) is 9.88 Å². The van der Waals surface area contributed by atoms with Crippen LogP contribution in [-0.2, 0) is 22.7 Å². The number of rotatable bonds is 8. The molecule has 1 unspecified atom stereocenters. The van der Waals surface area contributed by atoms with Crippen LogP contribution in [0.1, 0.15) is 33.9 Å². The number of aliphatic hydroxyl groups excluding tert-OH is 1. The van der Waals surface area contributed by atoms with E-state index >= 15 is 0 Å². The molecule has 1 aromatic heterocycles. The number of likely N-dealkylation sites (tertiary alicyclic amines) is 1. The number of carbonyl (C=O) groups is 2. The third-order valence-electron chi connectivity index (χ3n) is 6.71. The minimum atomic E-state index is -0.811. The molecule has 196 valence electrons. The molecule has 1 amide bonds. The first kappa shape index (κ1) is 25.7. The largest absolute Gasteiger partial charge is 0.507 e. The number of hydrogen-bond donors (Lipinski definition) is 1. The van der Waals surface area contributed by atoms with E-state index in [9.17, 15) is 14.7 Å². The van der Waals surface area contributed by atoms with Crippen LogP contribution < -0.4 is 9.47 Å². The Balaban J connectivity index is 1.53. The zero-order chi connectivity index (χ0) is 27.4. The lowest BCUT2D eigenvalue weighted by Gasteiger charge is -2.25. The van der Waals surface area contributed by atoms with Crippen molar-refractivity contribution in [2.45, 2.75) is 26.1 Å². The standard InChI is InChI=1S/C32H28N2O5/c1-21-16-25(13-14-27(21)39-20-22-8-4-3-5-9-22)30(35)28-29(24-11-6-12-26(17-24)38-2)34(32(37)31(28)36)19-23-10-7-15-33-18-23/h3-18,29,35H,19-20H2,1-2H3/b30-28-. The van der Waals surface area contributed by atoms with Gasteiger partial charge in [0.2, 0.25) is 0 Å². The Morgan fingerprint density at radius 1 is 0.949 bits per heavy atom. The number of pyridine rings is 1. The minimum absolute atomic E-state index is 0.0227. The molecule has 1 saturated heterocycles. The number of carbonyl (C=O) groups excluding carboxylic acids is 2. The van der Waals surface area contributed by atoms with Crippen molar-refractivity contribution < 1.29 is 24.2 Å². The van der Waals surface area contributed by atoms with Crippen LogP contribution in [0.2, 0.25) is 0 Å². The first-order chi connectivity index (χ1) is 19.0. The van der Waals surface area contributed by atoms with Crippen molar-refractivity contribution in [3.63, 3.8) is 0 Å². The molecule has 1 N–H and O–H groups in total. The van der Waals surface area contributed by atoms with Crippen molar-refractivity contribution in [2.75, 3.05) is 7.11 Å². The summed E-state index contributed by atoms with van der Waals surface area (Å²) in [6.45, 7) is 2.43. The molecular weight excluding hydrogens is 492 g/mol. The highest BCUT2D eigenvalue weighted by Gasteiger charge is 2.46. The van der Waals surface area contributed by atoms with Crippen LogP contribution in [-0.4, -0.2) is 33.8 Å². The summed E-state index contributed by atoms with van der Waals surface area (Å²) in [4.78, 5) is 32.3. The smallest absolute Gasteiger partial charge is 0.295 e. The van der Waals surface area contributed by atoms with Gasteiger partial charge in [0.25, 0.3) is 11.7 Å². The van der Waals surface area contributed by atoms with Gasteiger partial charge in [-0.2, -0.15) is 0 Å². The molecule has 0 bridgehead atoms. The highest BCUT2D eigenvalue weighted by molar-refractivity contribution is 6.46. The van der Waals surface area contributed by atoms with Gasteiger partial charge in [-0.15, -0.1) is 0 Å². The first-order valence-corrected chi connectivity index (χ1v) is 12.6. The average molecular weight is 521 g/mol. The van der Waals surface area contributed by atoms with E-state index in [0.717, 1.165) is 16.7 Å². The highest BCUT2D eigenvalue weighted by Crippen LogP contribution is 2.41. The average Bonchev–Trinajstić information content (AvgIpc) is 3.22. The number of aryl methyl sites for hydroxylation is 1. The van der Waals surface area contributed by atoms with E-state index in [0.29, 0.717) is 29.2 Å². The number of aromatic nitrogens is 1. The molecule has 2 heterocycles. The maximum atomic E-state index is 13.4. The van der Waals surface area contributed by atoms with Gasteiger partial charge in [-0.05, 0) is 65.6 Å². The van der Waals surface area contributed by atoms with Crippen LogP contribution in [0.5, 0.6) is 11.5 Å². The van der Waals surface area contributed by atoms with Gasteiger partial charge in [0.05, 0.1) is 18.7 Å². The third kappa shape index (κ3) is 5.38. The molecule has 7 nitrogen and oxygen atoms in total. The van der Waals surface area contributed by atoms with Crippen molar-refractivity contribution in [3.8, 4) is 11.5 Å². The lowest BCUT2D eigenvalue weighted by molar-refractivity contribution is -0.140. The Bertz CT molecular complexity index is 1530. The van der Waals surface area contributed by atoms with E-state index in [1.807, 2.05) is 49.4 Å². The quantitative estimate of drug-likeness (QED) is 0.185. The molecule has 3 aromatic carbocycles. The molecule has 0 saturated carbocycles. The van der Waals surface area contributed by atoms with Crippen molar-refractivity contribution in [1.29, 1.82) is 0 Å².